The van der Waals surface area contributed by atoms with E-state index in [2.05, 4.69) is 17.1 Å². The number of aromatic amines is 1. The summed E-state index contributed by atoms with van der Waals surface area (Å²) in [4.78, 5) is 10.7. The van der Waals surface area contributed by atoms with E-state index >= 15 is 0 Å². The molecule has 0 aliphatic carbocycles. The fraction of sp³-hybridized carbons (Fsp3) is 0.556. The van der Waals surface area contributed by atoms with Crippen LogP contribution >= 0.6 is 0 Å². The number of hydrogen-bond donors (Lipinski definition) is 2. The number of hydrogen-bond acceptors (Lipinski definition) is 2. The molecule has 1 atom stereocenters. The zero-order chi connectivity index (χ0) is 9.84. The largest absolute Gasteiger partial charge is 0.481 e. The van der Waals surface area contributed by atoms with E-state index in [-0.39, 0.29) is 0 Å². The number of carbonyl (C=O) groups is 1. The lowest BCUT2D eigenvalue weighted by molar-refractivity contribution is -0.138. The van der Waals surface area contributed by atoms with E-state index in [9.17, 15) is 4.79 Å². The first-order valence-corrected chi connectivity index (χ1v) is 4.41. The smallest absolute Gasteiger partial charge is 0.310 e. The predicted octanol–water partition coefficient (Wildman–Crippen LogP) is 1.55. The van der Waals surface area contributed by atoms with Crippen molar-refractivity contribution in [2.75, 3.05) is 0 Å². The molecule has 13 heavy (non-hydrogen) atoms. The van der Waals surface area contributed by atoms with Crippen molar-refractivity contribution < 1.29 is 9.90 Å². The van der Waals surface area contributed by atoms with Crippen LogP contribution in [0.15, 0.2) is 6.20 Å². The summed E-state index contributed by atoms with van der Waals surface area (Å²) in [5, 5.41) is 15.5. The van der Waals surface area contributed by atoms with Gasteiger partial charge in [0.05, 0.1) is 12.1 Å². The van der Waals surface area contributed by atoms with Crippen molar-refractivity contribution in [3.8, 4) is 0 Å². The molecule has 0 aromatic carbocycles. The lowest BCUT2D eigenvalue weighted by atomic mass is 10.0. The standard InChI is InChI=1S/C9H14N2O2/c1-3-4-8-7(5-10-11-8)6(2)9(12)13/h5-6H,3-4H2,1-2H3,(H,10,11)(H,12,13). The maximum Gasteiger partial charge on any atom is 0.310 e. The van der Waals surface area contributed by atoms with Crippen molar-refractivity contribution in [2.24, 2.45) is 0 Å². The molecule has 0 radical (unpaired) electrons. The number of aryl methyl sites for hydroxylation is 1. The highest BCUT2D eigenvalue weighted by atomic mass is 16.4. The summed E-state index contributed by atoms with van der Waals surface area (Å²) in [5.74, 6) is -1.28. The van der Waals surface area contributed by atoms with Crippen LogP contribution in [-0.4, -0.2) is 21.3 Å². The lowest BCUT2D eigenvalue weighted by Gasteiger charge is -2.05. The van der Waals surface area contributed by atoms with Gasteiger partial charge in [0.15, 0.2) is 0 Å². The molecular weight excluding hydrogens is 168 g/mol. The van der Waals surface area contributed by atoms with Gasteiger partial charge in [0.25, 0.3) is 0 Å². The van der Waals surface area contributed by atoms with E-state index in [1.54, 1.807) is 13.1 Å². The first-order chi connectivity index (χ1) is 6.16. The quantitative estimate of drug-likeness (QED) is 0.742. The van der Waals surface area contributed by atoms with Crippen molar-refractivity contribution in [3.63, 3.8) is 0 Å². The van der Waals surface area contributed by atoms with Crippen molar-refractivity contribution >= 4 is 5.97 Å². The zero-order valence-corrected chi connectivity index (χ0v) is 7.87. The molecule has 0 aliphatic heterocycles. The van der Waals surface area contributed by atoms with E-state index in [0.29, 0.717) is 0 Å². The highest BCUT2D eigenvalue weighted by molar-refractivity contribution is 5.75. The van der Waals surface area contributed by atoms with E-state index in [4.69, 9.17) is 5.11 Å². The van der Waals surface area contributed by atoms with Crippen LogP contribution in [0.4, 0.5) is 0 Å². The fourth-order valence-electron chi connectivity index (χ4n) is 1.28. The third-order valence-electron chi connectivity index (χ3n) is 2.09. The Hall–Kier alpha value is -1.32. The average Bonchev–Trinajstić information content (AvgIpc) is 2.52. The molecule has 0 saturated carbocycles. The second-order valence-corrected chi connectivity index (χ2v) is 3.11. The minimum absolute atomic E-state index is 0.472. The number of carboxylic acids is 1. The van der Waals surface area contributed by atoms with Crippen LogP contribution in [-0.2, 0) is 11.2 Å². The van der Waals surface area contributed by atoms with E-state index in [1.807, 2.05) is 0 Å². The second-order valence-electron chi connectivity index (χ2n) is 3.11. The van der Waals surface area contributed by atoms with E-state index < -0.39 is 11.9 Å². The molecule has 0 amide bonds. The van der Waals surface area contributed by atoms with Crippen molar-refractivity contribution in [1.82, 2.24) is 10.2 Å². The summed E-state index contributed by atoms with van der Waals surface area (Å²) in [6.45, 7) is 3.72. The van der Waals surface area contributed by atoms with Crippen LogP contribution in [0, 0.1) is 0 Å². The Morgan fingerprint density at radius 2 is 2.46 bits per heavy atom. The summed E-state index contributed by atoms with van der Waals surface area (Å²) in [6, 6.07) is 0. The molecule has 0 bridgehead atoms. The van der Waals surface area contributed by atoms with Crippen LogP contribution < -0.4 is 0 Å². The molecule has 1 aromatic heterocycles. The minimum atomic E-state index is -0.807. The molecule has 1 aromatic rings. The third kappa shape index (κ3) is 2.08. The number of nitrogens with one attached hydrogen (secondary N) is 1. The number of aromatic nitrogens is 2. The molecule has 72 valence electrons. The number of carboxylic acid groups (broad SMARTS) is 1. The van der Waals surface area contributed by atoms with Gasteiger partial charge >= 0.3 is 5.97 Å². The van der Waals surface area contributed by atoms with Gasteiger partial charge in [-0.05, 0) is 13.3 Å². The Labute approximate surface area is 77.0 Å². The summed E-state index contributed by atoms with van der Waals surface area (Å²) < 4.78 is 0. The van der Waals surface area contributed by atoms with Crippen LogP contribution in [0.1, 0.15) is 37.4 Å². The lowest BCUT2D eigenvalue weighted by Crippen LogP contribution is -2.08. The normalized spacial score (nSPS) is 12.8. The van der Waals surface area contributed by atoms with Gasteiger partial charge in [-0.3, -0.25) is 9.89 Å². The second kappa shape index (κ2) is 4.07. The summed E-state index contributed by atoms with van der Waals surface area (Å²) in [7, 11) is 0. The van der Waals surface area contributed by atoms with Gasteiger partial charge in [0, 0.05) is 11.3 Å². The van der Waals surface area contributed by atoms with Gasteiger partial charge in [-0.25, -0.2) is 0 Å². The Bertz CT molecular complexity index is 294. The molecule has 0 fully saturated rings. The maximum atomic E-state index is 10.7. The number of rotatable bonds is 4. The van der Waals surface area contributed by atoms with Crippen molar-refractivity contribution in [1.29, 1.82) is 0 Å². The molecule has 4 heteroatoms. The molecule has 1 heterocycles. The topological polar surface area (TPSA) is 66.0 Å². The molecule has 0 spiro atoms. The SMILES string of the molecule is CCCc1[nH]ncc1C(C)C(=O)O. The third-order valence-corrected chi connectivity index (χ3v) is 2.09. The molecule has 0 saturated heterocycles. The Morgan fingerprint density at radius 1 is 1.77 bits per heavy atom. The molecular formula is C9H14N2O2. The maximum absolute atomic E-state index is 10.7. The van der Waals surface area contributed by atoms with Gasteiger partial charge in [-0.15, -0.1) is 0 Å². The monoisotopic (exact) mass is 182 g/mol. The molecule has 4 nitrogen and oxygen atoms in total. The van der Waals surface area contributed by atoms with Crippen LogP contribution in [0.2, 0.25) is 0 Å². The molecule has 1 unspecified atom stereocenters. The molecule has 2 N–H and O–H groups in total. The summed E-state index contributed by atoms with van der Waals surface area (Å²) in [6.07, 6.45) is 3.44. The van der Waals surface area contributed by atoms with E-state index in [1.165, 1.54) is 0 Å². The van der Waals surface area contributed by atoms with E-state index in [0.717, 1.165) is 24.1 Å². The first kappa shape index (κ1) is 9.77. The highest BCUT2D eigenvalue weighted by Gasteiger charge is 2.18. The number of H-pyrrole nitrogens is 1. The van der Waals surface area contributed by atoms with Crippen molar-refractivity contribution in [3.05, 3.63) is 17.5 Å². The molecule has 0 aliphatic rings. The zero-order valence-electron chi connectivity index (χ0n) is 7.87. The minimum Gasteiger partial charge on any atom is -0.481 e. The Balaban J connectivity index is 2.86. The average molecular weight is 182 g/mol. The summed E-state index contributed by atoms with van der Waals surface area (Å²) in [5.41, 5.74) is 1.74. The van der Waals surface area contributed by atoms with Gasteiger partial charge in [-0.1, -0.05) is 13.3 Å². The first-order valence-electron chi connectivity index (χ1n) is 4.41. The Kier molecular flexibility index (Phi) is 3.06. The van der Waals surface area contributed by atoms with Gasteiger partial charge in [0.1, 0.15) is 0 Å². The fourth-order valence-corrected chi connectivity index (χ4v) is 1.28. The Morgan fingerprint density at radius 3 is 3.00 bits per heavy atom. The van der Waals surface area contributed by atoms with Gasteiger partial charge < -0.3 is 5.11 Å². The number of nitrogens with zero attached hydrogens (tertiary/aromatic N) is 1. The van der Waals surface area contributed by atoms with Crippen LogP contribution in [0.25, 0.3) is 0 Å². The number of aliphatic carboxylic acids is 1. The predicted molar refractivity (Wildman–Crippen MR) is 48.6 cm³/mol. The molecule has 1 rings (SSSR count). The summed E-state index contributed by atoms with van der Waals surface area (Å²) >= 11 is 0. The van der Waals surface area contributed by atoms with Gasteiger partial charge in [-0.2, -0.15) is 5.10 Å². The van der Waals surface area contributed by atoms with Crippen LogP contribution in [0.3, 0.4) is 0 Å². The van der Waals surface area contributed by atoms with Crippen molar-refractivity contribution in [2.45, 2.75) is 32.6 Å². The van der Waals surface area contributed by atoms with Gasteiger partial charge in [0.2, 0.25) is 0 Å². The highest BCUT2D eigenvalue weighted by Crippen LogP contribution is 2.18. The van der Waals surface area contributed by atoms with Crippen LogP contribution in [0.5, 0.6) is 0 Å².